The van der Waals surface area contributed by atoms with Gasteiger partial charge in [-0.2, -0.15) is 0 Å². The quantitative estimate of drug-likeness (QED) is 0.477. The first-order valence-corrected chi connectivity index (χ1v) is 9.05. The summed E-state index contributed by atoms with van der Waals surface area (Å²) in [5, 5.41) is 11.9. The SMILES string of the molecule is CCCCOC(=O)c1ccc(N2C(=O)C(O)=C(c3cccs3)C2=O)cc1. The second kappa shape index (κ2) is 7.53. The molecule has 26 heavy (non-hydrogen) atoms. The number of anilines is 1. The lowest BCUT2D eigenvalue weighted by atomic mass is 10.2. The Balaban J connectivity index is 1.79. The van der Waals surface area contributed by atoms with Gasteiger partial charge in [-0.1, -0.05) is 19.4 Å². The molecule has 0 atom stereocenters. The molecule has 0 radical (unpaired) electrons. The van der Waals surface area contributed by atoms with E-state index in [1.54, 1.807) is 17.5 Å². The van der Waals surface area contributed by atoms with Crippen LogP contribution in [0.4, 0.5) is 5.69 Å². The van der Waals surface area contributed by atoms with Crippen molar-refractivity contribution in [2.24, 2.45) is 0 Å². The number of aliphatic hydroxyl groups excluding tert-OH is 1. The molecule has 1 aromatic carbocycles. The highest BCUT2D eigenvalue weighted by Crippen LogP contribution is 2.33. The molecule has 2 amide bonds. The van der Waals surface area contributed by atoms with Gasteiger partial charge in [-0.15, -0.1) is 11.3 Å². The lowest BCUT2D eigenvalue weighted by Gasteiger charge is -2.14. The highest BCUT2D eigenvalue weighted by atomic mass is 32.1. The van der Waals surface area contributed by atoms with Gasteiger partial charge in [0.1, 0.15) is 5.57 Å². The minimum atomic E-state index is -0.781. The zero-order valence-electron chi connectivity index (χ0n) is 14.1. The maximum atomic E-state index is 12.6. The Labute approximate surface area is 154 Å². The van der Waals surface area contributed by atoms with Gasteiger partial charge in [0.25, 0.3) is 5.91 Å². The van der Waals surface area contributed by atoms with E-state index in [1.807, 2.05) is 6.92 Å². The number of aliphatic hydroxyl groups is 1. The van der Waals surface area contributed by atoms with E-state index in [0.29, 0.717) is 17.0 Å². The van der Waals surface area contributed by atoms with Crippen molar-refractivity contribution in [3.05, 3.63) is 58.0 Å². The number of ether oxygens (including phenoxy) is 1. The largest absolute Gasteiger partial charge is 0.502 e. The average molecular weight is 371 g/mol. The highest BCUT2D eigenvalue weighted by molar-refractivity contribution is 7.11. The topological polar surface area (TPSA) is 83.9 Å². The Morgan fingerprint density at radius 2 is 1.88 bits per heavy atom. The molecule has 0 aliphatic carbocycles. The molecule has 1 aliphatic rings. The summed E-state index contributed by atoms with van der Waals surface area (Å²) in [5.41, 5.74) is 0.607. The highest BCUT2D eigenvalue weighted by Gasteiger charge is 2.40. The Morgan fingerprint density at radius 1 is 1.15 bits per heavy atom. The van der Waals surface area contributed by atoms with E-state index >= 15 is 0 Å². The third-order valence-corrected chi connectivity index (χ3v) is 4.81. The van der Waals surface area contributed by atoms with Crippen LogP contribution in [0.5, 0.6) is 0 Å². The lowest BCUT2D eigenvalue weighted by Crippen LogP contribution is -2.31. The fourth-order valence-electron chi connectivity index (χ4n) is 2.53. The number of unbranched alkanes of at least 4 members (excludes halogenated alkanes) is 1. The third-order valence-electron chi connectivity index (χ3n) is 3.92. The Hall–Kier alpha value is -2.93. The van der Waals surface area contributed by atoms with E-state index < -0.39 is 23.5 Å². The van der Waals surface area contributed by atoms with E-state index in [1.165, 1.54) is 35.6 Å². The van der Waals surface area contributed by atoms with Crippen molar-refractivity contribution in [2.75, 3.05) is 11.5 Å². The fourth-order valence-corrected chi connectivity index (χ4v) is 3.30. The monoisotopic (exact) mass is 371 g/mol. The molecule has 1 aromatic heterocycles. The Kier molecular flexibility index (Phi) is 5.18. The summed E-state index contributed by atoms with van der Waals surface area (Å²) in [6.07, 6.45) is 1.71. The third kappa shape index (κ3) is 3.25. The summed E-state index contributed by atoms with van der Waals surface area (Å²) in [4.78, 5) is 38.3. The molecule has 0 saturated heterocycles. The number of nitrogens with zero attached hydrogens (tertiary/aromatic N) is 1. The summed E-state index contributed by atoms with van der Waals surface area (Å²) in [5.74, 6) is -2.39. The fraction of sp³-hybridized carbons (Fsp3) is 0.211. The molecule has 0 saturated carbocycles. The Morgan fingerprint density at radius 3 is 2.50 bits per heavy atom. The molecule has 134 valence electrons. The van der Waals surface area contributed by atoms with Gasteiger partial charge in [-0.25, -0.2) is 9.69 Å². The molecule has 1 N–H and O–H groups in total. The van der Waals surface area contributed by atoms with E-state index in [2.05, 4.69) is 0 Å². The number of esters is 1. The standard InChI is InChI=1S/C19H17NO5S/c1-2-3-10-25-19(24)12-6-8-13(9-7-12)20-17(22)15(16(21)18(20)23)14-5-4-11-26-14/h4-9,11,21H,2-3,10H2,1H3. The molecule has 2 aromatic rings. The van der Waals surface area contributed by atoms with Gasteiger partial charge in [-0.05, 0) is 42.1 Å². The molecule has 0 unspecified atom stereocenters. The maximum Gasteiger partial charge on any atom is 0.338 e. The molecular weight excluding hydrogens is 354 g/mol. The molecule has 0 spiro atoms. The first-order valence-electron chi connectivity index (χ1n) is 8.17. The van der Waals surface area contributed by atoms with Crippen LogP contribution in [0.1, 0.15) is 35.0 Å². The van der Waals surface area contributed by atoms with Crippen molar-refractivity contribution in [2.45, 2.75) is 19.8 Å². The number of amides is 2. The van der Waals surface area contributed by atoms with Crippen LogP contribution in [0.15, 0.2) is 47.5 Å². The number of rotatable bonds is 6. The summed E-state index contributed by atoms with van der Waals surface area (Å²) in [6.45, 7) is 2.35. The van der Waals surface area contributed by atoms with E-state index in [9.17, 15) is 19.5 Å². The summed E-state index contributed by atoms with van der Waals surface area (Å²) in [7, 11) is 0. The van der Waals surface area contributed by atoms with Crippen LogP contribution in [0.3, 0.4) is 0 Å². The van der Waals surface area contributed by atoms with Gasteiger partial charge in [0.2, 0.25) is 0 Å². The molecule has 2 heterocycles. The van der Waals surface area contributed by atoms with Crippen molar-refractivity contribution < 1.29 is 24.2 Å². The predicted molar refractivity (Wildman–Crippen MR) is 98.0 cm³/mol. The summed E-state index contributed by atoms with van der Waals surface area (Å²) in [6, 6.07) is 9.35. The van der Waals surface area contributed by atoms with Crippen molar-refractivity contribution >= 4 is 40.4 Å². The minimum absolute atomic E-state index is 0.00643. The van der Waals surface area contributed by atoms with Gasteiger partial charge in [-0.3, -0.25) is 9.59 Å². The zero-order chi connectivity index (χ0) is 18.7. The number of carbonyl (C=O) groups is 3. The molecule has 0 bridgehead atoms. The van der Waals surface area contributed by atoms with Crippen LogP contribution in [0.2, 0.25) is 0 Å². The van der Waals surface area contributed by atoms with Crippen LogP contribution < -0.4 is 4.90 Å². The number of hydrogen-bond acceptors (Lipinski definition) is 6. The molecule has 0 fully saturated rings. The van der Waals surface area contributed by atoms with Gasteiger partial charge in [0.15, 0.2) is 5.76 Å². The van der Waals surface area contributed by atoms with Gasteiger partial charge < -0.3 is 9.84 Å². The first-order chi connectivity index (χ1) is 12.5. The maximum absolute atomic E-state index is 12.6. The smallest absolute Gasteiger partial charge is 0.338 e. The van der Waals surface area contributed by atoms with Crippen molar-refractivity contribution in [1.82, 2.24) is 0 Å². The molecule has 3 rings (SSSR count). The molecule has 1 aliphatic heterocycles. The first kappa shape index (κ1) is 17.9. The average Bonchev–Trinajstić information content (AvgIpc) is 3.23. The van der Waals surface area contributed by atoms with E-state index in [0.717, 1.165) is 17.7 Å². The van der Waals surface area contributed by atoms with Crippen molar-refractivity contribution in [3.8, 4) is 0 Å². The number of hydrogen-bond donors (Lipinski definition) is 1. The normalized spacial score (nSPS) is 14.3. The zero-order valence-corrected chi connectivity index (χ0v) is 14.9. The number of carbonyl (C=O) groups excluding carboxylic acids is 3. The van der Waals surface area contributed by atoms with Crippen molar-refractivity contribution in [3.63, 3.8) is 0 Å². The number of thiophene rings is 1. The van der Waals surface area contributed by atoms with Crippen LogP contribution in [0, 0.1) is 0 Å². The minimum Gasteiger partial charge on any atom is -0.502 e. The molecule has 7 heteroatoms. The summed E-state index contributed by atoms with van der Waals surface area (Å²) >= 11 is 1.26. The lowest BCUT2D eigenvalue weighted by molar-refractivity contribution is -0.121. The molecule has 6 nitrogen and oxygen atoms in total. The number of benzene rings is 1. The second-order valence-electron chi connectivity index (χ2n) is 5.68. The van der Waals surface area contributed by atoms with Gasteiger partial charge >= 0.3 is 11.9 Å². The summed E-state index contributed by atoms with van der Waals surface area (Å²) < 4.78 is 5.13. The van der Waals surface area contributed by atoms with Crippen LogP contribution in [-0.4, -0.2) is 29.5 Å². The van der Waals surface area contributed by atoms with Gasteiger partial charge in [0, 0.05) is 4.88 Å². The van der Waals surface area contributed by atoms with Crippen molar-refractivity contribution in [1.29, 1.82) is 0 Å². The van der Waals surface area contributed by atoms with Crippen LogP contribution in [-0.2, 0) is 14.3 Å². The van der Waals surface area contributed by atoms with E-state index in [4.69, 9.17) is 4.74 Å². The van der Waals surface area contributed by atoms with Crippen LogP contribution in [0.25, 0.3) is 5.57 Å². The van der Waals surface area contributed by atoms with E-state index in [-0.39, 0.29) is 11.3 Å². The van der Waals surface area contributed by atoms with Crippen LogP contribution >= 0.6 is 11.3 Å². The second-order valence-corrected chi connectivity index (χ2v) is 6.63. The predicted octanol–water partition coefficient (Wildman–Crippen LogP) is 3.55. The number of imide groups is 1. The van der Waals surface area contributed by atoms with Gasteiger partial charge in [0.05, 0.1) is 17.9 Å². The molecular formula is C19H17NO5S. The Bertz CT molecular complexity index is 868.